The number of likely N-dealkylation sites (tertiary alicyclic amines) is 1. The summed E-state index contributed by atoms with van der Waals surface area (Å²) >= 11 is 0. The first kappa shape index (κ1) is 24.9. The molecule has 2 aliphatic rings. The molecule has 2 aromatic carbocycles. The van der Waals surface area contributed by atoms with Gasteiger partial charge in [-0.2, -0.15) is 0 Å². The Morgan fingerprint density at radius 2 is 1.82 bits per heavy atom. The summed E-state index contributed by atoms with van der Waals surface area (Å²) in [4.78, 5) is 47.5. The summed E-state index contributed by atoms with van der Waals surface area (Å²) in [6.07, 6.45) is 6.53. The maximum Gasteiger partial charge on any atom is 0.262 e. The number of aromatic nitrogens is 2. The first-order valence-electron chi connectivity index (χ1n) is 13.2. The largest absolute Gasteiger partial charge is 0.493 e. The van der Waals surface area contributed by atoms with Crippen LogP contribution < -0.4 is 15.0 Å². The molecular formula is C31H29N3O5. The molecule has 39 heavy (non-hydrogen) atoms. The number of carbonyl (C=O) groups is 2. The van der Waals surface area contributed by atoms with Gasteiger partial charge in [-0.15, -0.1) is 0 Å². The van der Waals surface area contributed by atoms with E-state index in [1.165, 1.54) is 14.2 Å². The van der Waals surface area contributed by atoms with E-state index in [2.05, 4.69) is 4.98 Å². The van der Waals surface area contributed by atoms with Crippen molar-refractivity contribution in [2.24, 2.45) is 0 Å². The number of carbonyl (C=O) groups excluding carboxylic acids is 2. The molecule has 2 aromatic heterocycles. The Balaban J connectivity index is 1.45. The lowest BCUT2D eigenvalue weighted by Crippen LogP contribution is -2.39. The zero-order valence-corrected chi connectivity index (χ0v) is 22.0. The zero-order valence-electron chi connectivity index (χ0n) is 22.0. The van der Waals surface area contributed by atoms with E-state index in [0.717, 1.165) is 24.8 Å². The number of rotatable bonds is 6. The quantitative estimate of drug-likeness (QED) is 0.319. The van der Waals surface area contributed by atoms with Crippen molar-refractivity contribution in [1.29, 1.82) is 0 Å². The summed E-state index contributed by atoms with van der Waals surface area (Å²) in [5.74, 6) is 0.504. The lowest BCUT2D eigenvalue weighted by atomic mass is 9.96. The second kappa shape index (κ2) is 10.0. The van der Waals surface area contributed by atoms with Crippen LogP contribution >= 0.6 is 0 Å². The number of piperidine rings is 1. The highest BCUT2D eigenvalue weighted by atomic mass is 16.5. The summed E-state index contributed by atoms with van der Waals surface area (Å²) < 4.78 is 12.6. The maximum atomic E-state index is 14.1. The standard InChI is InChI=1S/C31H29N3O5/c1-38-24-13-12-22-26-28(20-9-3-4-10-21(20)29(26)36)34(31(37)27(22)30(24)39-2)17-14-25(35)33-16-6-5-11-23(33)19-8-7-15-32-18-19/h3-4,7-10,12-13,15,18,23H,5-6,11,14,16-17H2,1-2H3/t23-/m0/s1. The molecule has 6 rings (SSSR count). The van der Waals surface area contributed by atoms with Gasteiger partial charge in [-0.05, 0) is 43.0 Å². The van der Waals surface area contributed by atoms with Crippen LogP contribution in [0.3, 0.4) is 0 Å². The Labute approximate surface area is 225 Å². The van der Waals surface area contributed by atoms with Gasteiger partial charge in [-0.1, -0.05) is 30.3 Å². The second-order valence-corrected chi connectivity index (χ2v) is 9.91. The molecule has 1 saturated heterocycles. The molecule has 0 bridgehead atoms. The molecule has 1 aliphatic heterocycles. The summed E-state index contributed by atoms with van der Waals surface area (Å²) in [5.41, 5.74) is 2.94. The van der Waals surface area contributed by atoms with E-state index in [-0.39, 0.29) is 47.4 Å². The van der Waals surface area contributed by atoms with Gasteiger partial charge < -0.3 is 18.9 Å². The average molecular weight is 524 g/mol. The van der Waals surface area contributed by atoms with Crippen LogP contribution in [0.25, 0.3) is 22.0 Å². The van der Waals surface area contributed by atoms with Crippen molar-refractivity contribution in [2.75, 3.05) is 20.8 Å². The molecule has 0 N–H and O–H groups in total. The fourth-order valence-electron chi connectivity index (χ4n) is 6.09. The van der Waals surface area contributed by atoms with Crippen molar-refractivity contribution in [3.05, 3.63) is 88.0 Å². The van der Waals surface area contributed by atoms with Gasteiger partial charge in [0.1, 0.15) is 0 Å². The number of benzene rings is 2. The van der Waals surface area contributed by atoms with Crippen LogP contribution in [0.4, 0.5) is 0 Å². The van der Waals surface area contributed by atoms with Crippen LogP contribution in [0.15, 0.2) is 65.7 Å². The number of pyridine rings is 2. The molecule has 1 atom stereocenters. The van der Waals surface area contributed by atoms with E-state index in [4.69, 9.17) is 9.47 Å². The second-order valence-electron chi connectivity index (χ2n) is 9.91. The van der Waals surface area contributed by atoms with Crippen LogP contribution in [-0.2, 0) is 11.3 Å². The predicted molar refractivity (Wildman–Crippen MR) is 147 cm³/mol. The normalized spacial score (nSPS) is 16.2. The third-order valence-corrected chi connectivity index (χ3v) is 7.88. The third-order valence-electron chi connectivity index (χ3n) is 7.88. The highest BCUT2D eigenvalue weighted by Crippen LogP contribution is 2.43. The first-order chi connectivity index (χ1) is 19.0. The molecular weight excluding hydrogens is 494 g/mol. The smallest absolute Gasteiger partial charge is 0.262 e. The minimum Gasteiger partial charge on any atom is -0.493 e. The Bertz CT molecular complexity index is 1660. The van der Waals surface area contributed by atoms with Crippen molar-refractivity contribution in [2.45, 2.75) is 38.3 Å². The van der Waals surface area contributed by atoms with Gasteiger partial charge in [0.05, 0.1) is 36.9 Å². The molecule has 1 aliphatic carbocycles. The number of hydrogen-bond donors (Lipinski definition) is 0. The van der Waals surface area contributed by atoms with Gasteiger partial charge in [-0.25, -0.2) is 0 Å². The van der Waals surface area contributed by atoms with Crippen LogP contribution in [-0.4, -0.2) is 46.9 Å². The first-order valence-corrected chi connectivity index (χ1v) is 13.2. The molecule has 3 heterocycles. The van der Waals surface area contributed by atoms with E-state index >= 15 is 0 Å². The fraction of sp³-hybridized carbons (Fsp3) is 0.290. The number of hydrogen-bond acceptors (Lipinski definition) is 6. The van der Waals surface area contributed by atoms with Crippen molar-refractivity contribution in [1.82, 2.24) is 14.5 Å². The predicted octanol–water partition coefficient (Wildman–Crippen LogP) is 4.77. The number of ketones is 1. The zero-order chi connectivity index (χ0) is 27.1. The van der Waals surface area contributed by atoms with Crippen LogP contribution in [0.5, 0.6) is 11.5 Å². The summed E-state index contributed by atoms with van der Waals surface area (Å²) in [5, 5.41) is 0.791. The lowest BCUT2D eigenvalue weighted by molar-refractivity contribution is -0.135. The van der Waals surface area contributed by atoms with Gasteiger partial charge in [0, 0.05) is 48.4 Å². The Morgan fingerprint density at radius 3 is 2.56 bits per heavy atom. The number of amides is 1. The molecule has 4 aromatic rings. The van der Waals surface area contributed by atoms with Crippen LogP contribution in [0.2, 0.25) is 0 Å². The molecule has 8 nitrogen and oxygen atoms in total. The highest BCUT2D eigenvalue weighted by Gasteiger charge is 2.34. The lowest BCUT2D eigenvalue weighted by Gasteiger charge is -2.36. The van der Waals surface area contributed by atoms with E-state index in [1.807, 2.05) is 41.4 Å². The molecule has 1 amide bonds. The Kier molecular flexibility index (Phi) is 6.38. The average Bonchev–Trinajstić information content (AvgIpc) is 3.28. The summed E-state index contributed by atoms with van der Waals surface area (Å²) in [6.45, 7) is 0.795. The van der Waals surface area contributed by atoms with Gasteiger partial charge in [-0.3, -0.25) is 19.4 Å². The maximum absolute atomic E-state index is 14.1. The number of fused-ring (bicyclic) bond motifs is 5. The minimum atomic E-state index is -0.320. The van der Waals surface area contributed by atoms with Gasteiger partial charge in [0.2, 0.25) is 5.91 Å². The van der Waals surface area contributed by atoms with Gasteiger partial charge >= 0.3 is 0 Å². The molecule has 8 heteroatoms. The number of ether oxygens (including phenoxy) is 2. The third kappa shape index (κ3) is 3.98. The molecule has 0 radical (unpaired) electrons. The van der Waals surface area contributed by atoms with E-state index < -0.39 is 0 Å². The SMILES string of the molecule is COc1ccc2c3c(n(CCC(=O)N4CCCC[C@H]4c4cccnc4)c(=O)c2c1OC)-c1ccccc1C3=O. The van der Waals surface area contributed by atoms with Crippen molar-refractivity contribution >= 4 is 22.5 Å². The molecule has 0 spiro atoms. The summed E-state index contributed by atoms with van der Waals surface area (Å²) in [6, 6.07) is 14.6. The monoisotopic (exact) mass is 523 g/mol. The minimum absolute atomic E-state index is 0.0282. The Morgan fingerprint density at radius 1 is 1.00 bits per heavy atom. The molecule has 198 valence electrons. The summed E-state index contributed by atoms with van der Waals surface area (Å²) in [7, 11) is 2.98. The molecule has 1 fully saturated rings. The molecule has 0 unspecified atom stereocenters. The van der Waals surface area contributed by atoms with Crippen molar-refractivity contribution in [3.8, 4) is 22.8 Å². The van der Waals surface area contributed by atoms with Gasteiger partial charge in [0.15, 0.2) is 17.3 Å². The van der Waals surface area contributed by atoms with Crippen LogP contribution in [0.1, 0.15) is 53.2 Å². The van der Waals surface area contributed by atoms with Crippen molar-refractivity contribution in [3.63, 3.8) is 0 Å². The van der Waals surface area contributed by atoms with E-state index in [0.29, 0.717) is 40.1 Å². The van der Waals surface area contributed by atoms with Gasteiger partial charge in [0.25, 0.3) is 5.56 Å². The van der Waals surface area contributed by atoms with Crippen molar-refractivity contribution < 1.29 is 19.1 Å². The van der Waals surface area contributed by atoms with E-state index in [9.17, 15) is 14.4 Å². The molecule has 0 saturated carbocycles. The fourth-order valence-corrected chi connectivity index (χ4v) is 6.09. The number of methoxy groups -OCH3 is 2. The van der Waals surface area contributed by atoms with E-state index in [1.54, 1.807) is 29.0 Å². The van der Waals surface area contributed by atoms with Crippen LogP contribution in [0, 0.1) is 0 Å². The highest BCUT2D eigenvalue weighted by molar-refractivity contribution is 6.27. The number of nitrogens with zero attached hydrogens (tertiary/aromatic N) is 3. The topological polar surface area (TPSA) is 90.7 Å². The Hall–Kier alpha value is -4.46.